The number of hydrogen-bond donors (Lipinski definition) is 1. The molecular weight excluding hydrogens is 270 g/mol. The Hall–Kier alpha value is -2.82. The SMILES string of the molecule is COc1ccc(OC)c(/C(=C/c2cccnc2)C(=O)O)c1. The van der Waals surface area contributed by atoms with Crippen molar-refractivity contribution in [3.8, 4) is 11.5 Å². The zero-order valence-electron chi connectivity index (χ0n) is 11.7. The summed E-state index contributed by atoms with van der Waals surface area (Å²) in [6, 6.07) is 8.55. The molecule has 5 nitrogen and oxygen atoms in total. The van der Waals surface area contributed by atoms with E-state index in [-0.39, 0.29) is 5.57 Å². The van der Waals surface area contributed by atoms with Crippen LogP contribution >= 0.6 is 0 Å². The van der Waals surface area contributed by atoms with Crippen molar-refractivity contribution >= 4 is 17.6 Å². The van der Waals surface area contributed by atoms with Gasteiger partial charge in [-0.2, -0.15) is 0 Å². The van der Waals surface area contributed by atoms with Crippen LogP contribution in [0, 0.1) is 0 Å². The normalized spacial score (nSPS) is 11.0. The van der Waals surface area contributed by atoms with Crippen molar-refractivity contribution in [2.75, 3.05) is 14.2 Å². The van der Waals surface area contributed by atoms with E-state index in [1.165, 1.54) is 14.2 Å². The number of ether oxygens (including phenoxy) is 2. The minimum absolute atomic E-state index is 0.110. The molecule has 21 heavy (non-hydrogen) atoms. The average Bonchev–Trinajstić information content (AvgIpc) is 2.52. The van der Waals surface area contributed by atoms with E-state index in [1.807, 2.05) is 0 Å². The molecule has 0 unspecified atom stereocenters. The summed E-state index contributed by atoms with van der Waals surface area (Å²) in [6.45, 7) is 0. The second kappa shape index (κ2) is 6.56. The number of hydrogen-bond acceptors (Lipinski definition) is 4. The summed E-state index contributed by atoms with van der Waals surface area (Å²) in [5.74, 6) is -0.0251. The van der Waals surface area contributed by atoms with Gasteiger partial charge in [-0.3, -0.25) is 4.98 Å². The van der Waals surface area contributed by atoms with Crippen LogP contribution in [0.15, 0.2) is 42.7 Å². The van der Waals surface area contributed by atoms with Gasteiger partial charge < -0.3 is 14.6 Å². The van der Waals surface area contributed by atoms with Crippen molar-refractivity contribution in [1.82, 2.24) is 4.98 Å². The summed E-state index contributed by atoms with van der Waals surface area (Å²) < 4.78 is 10.4. The summed E-state index contributed by atoms with van der Waals surface area (Å²) in [5.41, 5.74) is 1.26. The molecule has 108 valence electrons. The van der Waals surface area contributed by atoms with Crippen molar-refractivity contribution in [3.05, 3.63) is 53.9 Å². The van der Waals surface area contributed by atoms with Gasteiger partial charge in [0.05, 0.1) is 19.8 Å². The molecule has 0 amide bonds. The Balaban J connectivity index is 2.58. The third kappa shape index (κ3) is 3.39. The fraction of sp³-hybridized carbons (Fsp3) is 0.125. The van der Waals surface area contributed by atoms with Crippen LogP contribution in [0.3, 0.4) is 0 Å². The molecule has 5 heteroatoms. The number of benzene rings is 1. The van der Waals surface area contributed by atoms with E-state index in [2.05, 4.69) is 4.98 Å². The van der Waals surface area contributed by atoms with E-state index in [4.69, 9.17) is 9.47 Å². The fourth-order valence-corrected chi connectivity index (χ4v) is 1.91. The molecule has 0 aliphatic rings. The first kappa shape index (κ1) is 14.6. The number of nitrogens with zero attached hydrogens (tertiary/aromatic N) is 1. The highest BCUT2D eigenvalue weighted by Crippen LogP contribution is 2.31. The Morgan fingerprint density at radius 3 is 2.62 bits per heavy atom. The van der Waals surface area contributed by atoms with E-state index < -0.39 is 5.97 Å². The summed E-state index contributed by atoms with van der Waals surface area (Å²) in [6.07, 6.45) is 4.77. The number of rotatable bonds is 5. The molecule has 0 aliphatic heterocycles. The second-order valence-corrected chi connectivity index (χ2v) is 4.22. The Morgan fingerprint density at radius 1 is 1.24 bits per heavy atom. The summed E-state index contributed by atoms with van der Waals surface area (Å²) >= 11 is 0. The molecular formula is C16H15NO4. The molecule has 2 rings (SSSR count). The minimum atomic E-state index is -1.05. The molecule has 1 N–H and O–H groups in total. The van der Waals surface area contributed by atoms with Crippen molar-refractivity contribution in [1.29, 1.82) is 0 Å². The standard InChI is InChI=1S/C16H15NO4/c1-20-12-5-6-15(21-2)13(9-12)14(16(18)19)8-11-4-3-7-17-10-11/h3-10H,1-2H3,(H,18,19)/b14-8-. The van der Waals surface area contributed by atoms with Crippen LogP contribution in [0.2, 0.25) is 0 Å². The Bertz CT molecular complexity index is 665. The third-order valence-corrected chi connectivity index (χ3v) is 2.92. The number of aliphatic carboxylic acids is 1. The molecule has 0 saturated carbocycles. The number of methoxy groups -OCH3 is 2. The van der Waals surface area contributed by atoms with Crippen molar-refractivity contribution in [2.24, 2.45) is 0 Å². The number of carbonyl (C=O) groups is 1. The molecule has 1 aromatic heterocycles. The molecule has 0 atom stereocenters. The maximum Gasteiger partial charge on any atom is 0.336 e. The van der Waals surface area contributed by atoms with Crippen LogP contribution in [0.5, 0.6) is 11.5 Å². The van der Waals surface area contributed by atoms with Gasteiger partial charge in [-0.15, -0.1) is 0 Å². The van der Waals surface area contributed by atoms with Gasteiger partial charge in [0.2, 0.25) is 0 Å². The number of carboxylic acid groups (broad SMARTS) is 1. The predicted octanol–water partition coefficient (Wildman–Crippen LogP) is 2.72. The van der Waals surface area contributed by atoms with Crippen molar-refractivity contribution in [3.63, 3.8) is 0 Å². The maximum absolute atomic E-state index is 11.6. The first-order valence-corrected chi connectivity index (χ1v) is 6.23. The highest BCUT2D eigenvalue weighted by atomic mass is 16.5. The van der Waals surface area contributed by atoms with Crippen LogP contribution < -0.4 is 9.47 Å². The summed E-state index contributed by atoms with van der Waals surface area (Å²) in [7, 11) is 3.02. The lowest BCUT2D eigenvalue weighted by Gasteiger charge is -2.11. The Kier molecular flexibility index (Phi) is 4.56. The molecule has 0 fully saturated rings. The van der Waals surface area contributed by atoms with Crippen molar-refractivity contribution in [2.45, 2.75) is 0 Å². The summed E-state index contributed by atoms with van der Waals surface area (Å²) in [4.78, 5) is 15.6. The van der Waals surface area contributed by atoms with Gasteiger partial charge in [-0.25, -0.2) is 4.79 Å². The van der Waals surface area contributed by atoms with E-state index in [9.17, 15) is 9.90 Å². The third-order valence-electron chi connectivity index (χ3n) is 2.92. The molecule has 0 saturated heterocycles. The fourth-order valence-electron chi connectivity index (χ4n) is 1.91. The van der Waals surface area contributed by atoms with Gasteiger partial charge in [-0.05, 0) is 35.9 Å². The first-order valence-electron chi connectivity index (χ1n) is 6.23. The van der Waals surface area contributed by atoms with E-state index in [0.717, 1.165) is 0 Å². The van der Waals surface area contributed by atoms with Crippen LogP contribution in [0.25, 0.3) is 11.6 Å². The lowest BCUT2D eigenvalue weighted by molar-refractivity contribution is -0.130. The zero-order valence-corrected chi connectivity index (χ0v) is 11.7. The summed E-state index contributed by atoms with van der Waals surface area (Å²) in [5, 5.41) is 9.49. The zero-order chi connectivity index (χ0) is 15.2. The quantitative estimate of drug-likeness (QED) is 0.855. The van der Waals surface area contributed by atoms with E-state index in [1.54, 1.807) is 48.8 Å². The van der Waals surface area contributed by atoms with E-state index in [0.29, 0.717) is 22.6 Å². The highest BCUT2D eigenvalue weighted by Gasteiger charge is 2.16. The lowest BCUT2D eigenvalue weighted by atomic mass is 10.0. The van der Waals surface area contributed by atoms with Crippen LogP contribution in [-0.2, 0) is 4.79 Å². The Labute approximate surface area is 122 Å². The topological polar surface area (TPSA) is 68.7 Å². The average molecular weight is 285 g/mol. The molecule has 1 heterocycles. The maximum atomic E-state index is 11.6. The molecule has 0 spiro atoms. The second-order valence-electron chi connectivity index (χ2n) is 4.22. The molecule has 2 aromatic rings. The van der Waals surface area contributed by atoms with Gasteiger partial charge >= 0.3 is 5.97 Å². The molecule has 0 aliphatic carbocycles. The van der Waals surface area contributed by atoms with Crippen LogP contribution in [0.4, 0.5) is 0 Å². The number of carboxylic acids is 1. The number of aromatic nitrogens is 1. The van der Waals surface area contributed by atoms with Crippen molar-refractivity contribution < 1.29 is 19.4 Å². The van der Waals surface area contributed by atoms with Gasteiger partial charge in [0.25, 0.3) is 0 Å². The van der Waals surface area contributed by atoms with Crippen LogP contribution in [0.1, 0.15) is 11.1 Å². The smallest absolute Gasteiger partial charge is 0.336 e. The largest absolute Gasteiger partial charge is 0.497 e. The van der Waals surface area contributed by atoms with Gasteiger partial charge in [0, 0.05) is 18.0 Å². The van der Waals surface area contributed by atoms with Gasteiger partial charge in [-0.1, -0.05) is 6.07 Å². The minimum Gasteiger partial charge on any atom is -0.497 e. The number of pyridine rings is 1. The van der Waals surface area contributed by atoms with Gasteiger partial charge in [0.15, 0.2) is 0 Å². The van der Waals surface area contributed by atoms with Crippen LogP contribution in [-0.4, -0.2) is 30.3 Å². The monoisotopic (exact) mass is 285 g/mol. The van der Waals surface area contributed by atoms with E-state index >= 15 is 0 Å². The molecule has 1 aromatic carbocycles. The Morgan fingerprint density at radius 2 is 2.05 bits per heavy atom. The molecule has 0 bridgehead atoms. The highest BCUT2D eigenvalue weighted by molar-refractivity contribution is 6.21. The molecule has 0 radical (unpaired) electrons. The first-order chi connectivity index (χ1) is 10.2. The van der Waals surface area contributed by atoms with Gasteiger partial charge in [0.1, 0.15) is 11.5 Å². The predicted molar refractivity (Wildman–Crippen MR) is 79.3 cm³/mol. The lowest BCUT2D eigenvalue weighted by Crippen LogP contribution is -2.02.